The maximum atomic E-state index is 15.0. The van der Waals surface area contributed by atoms with Crippen LogP contribution in [0.2, 0.25) is 5.02 Å². The van der Waals surface area contributed by atoms with Crippen LogP contribution in [-0.2, 0) is 10.0 Å². The summed E-state index contributed by atoms with van der Waals surface area (Å²) in [6.45, 7) is 4.61. The van der Waals surface area contributed by atoms with Crippen molar-refractivity contribution in [1.29, 1.82) is 0 Å². The molecule has 0 aliphatic rings. The molecule has 0 aliphatic heterocycles. The largest absolute Gasteiger partial charge is 0.493 e. The summed E-state index contributed by atoms with van der Waals surface area (Å²) in [6.07, 6.45) is 0.516. The van der Waals surface area contributed by atoms with Gasteiger partial charge in [-0.05, 0) is 62.7 Å². The number of ether oxygens (including phenoxy) is 1. The van der Waals surface area contributed by atoms with Crippen LogP contribution in [0, 0.1) is 11.6 Å². The molecule has 0 fully saturated rings. The summed E-state index contributed by atoms with van der Waals surface area (Å²) < 4.78 is 63.6. The first-order valence-electron chi connectivity index (χ1n) is 12.0. The first-order valence-corrected chi connectivity index (χ1v) is 13.8. The summed E-state index contributed by atoms with van der Waals surface area (Å²) in [5.74, 6) is -1.30. The molecule has 1 unspecified atom stereocenters. The lowest BCUT2D eigenvalue weighted by Crippen LogP contribution is -2.38. The number of anilines is 1. The average Bonchev–Trinajstić information content (AvgIpc) is 2.89. The minimum atomic E-state index is -4.36. The average molecular weight is 566 g/mol. The summed E-state index contributed by atoms with van der Waals surface area (Å²) in [4.78, 5) is 13.3. The summed E-state index contributed by atoms with van der Waals surface area (Å²) in [6, 6.07) is 13.7. The van der Waals surface area contributed by atoms with Gasteiger partial charge in [-0.2, -0.15) is 0 Å². The van der Waals surface area contributed by atoms with Gasteiger partial charge in [0.15, 0.2) is 0 Å². The molecule has 0 aliphatic carbocycles. The quantitative estimate of drug-likeness (QED) is 0.289. The molecule has 0 bridgehead atoms. The highest BCUT2D eigenvalue weighted by molar-refractivity contribution is 7.92. The number of nitrogens with one attached hydrogen (secondary N) is 1. The van der Waals surface area contributed by atoms with Crippen LogP contribution in [0.25, 0.3) is 0 Å². The van der Waals surface area contributed by atoms with Crippen LogP contribution in [0.15, 0.2) is 71.6 Å². The Morgan fingerprint density at radius 1 is 1.08 bits per heavy atom. The molecule has 2 amide bonds. The summed E-state index contributed by atoms with van der Waals surface area (Å²) >= 11 is 5.94. The van der Waals surface area contributed by atoms with E-state index in [1.807, 2.05) is 6.92 Å². The molecule has 0 spiro atoms. The van der Waals surface area contributed by atoms with Crippen molar-refractivity contribution in [2.24, 2.45) is 0 Å². The van der Waals surface area contributed by atoms with Gasteiger partial charge in [-0.25, -0.2) is 22.0 Å². The number of hydrogen-bond donors (Lipinski definition) is 1. The van der Waals surface area contributed by atoms with Gasteiger partial charge in [0.25, 0.3) is 10.0 Å². The topological polar surface area (TPSA) is 79.0 Å². The second kappa shape index (κ2) is 12.9. The molecule has 0 heterocycles. The number of halogens is 3. The second-order valence-electron chi connectivity index (χ2n) is 8.52. The summed E-state index contributed by atoms with van der Waals surface area (Å²) in [5, 5.41) is 3.04. The van der Waals surface area contributed by atoms with E-state index in [0.29, 0.717) is 35.8 Å². The summed E-state index contributed by atoms with van der Waals surface area (Å²) in [7, 11) is -2.69. The zero-order valence-electron chi connectivity index (χ0n) is 21.3. The molecule has 3 aromatic rings. The molecule has 0 saturated carbocycles. The van der Waals surface area contributed by atoms with Gasteiger partial charge in [0, 0.05) is 36.8 Å². The molecule has 3 rings (SSSR count). The van der Waals surface area contributed by atoms with E-state index in [1.165, 1.54) is 29.2 Å². The molecule has 0 saturated heterocycles. The molecule has 204 valence electrons. The number of carbonyl (C=O) groups excluding carboxylic acids is 1. The molecule has 11 heteroatoms. The Balaban J connectivity index is 1.94. The van der Waals surface area contributed by atoms with Crippen molar-refractivity contribution < 1.29 is 26.7 Å². The van der Waals surface area contributed by atoms with Gasteiger partial charge in [0.05, 0.1) is 23.2 Å². The molecule has 7 nitrogen and oxygen atoms in total. The van der Waals surface area contributed by atoms with Crippen LogP contribution < -0.4 is 14.4 Å². The highest BCUT2D eigenvalue weighted by atomic mass is 35.5. The van der Waals surface area contributed by atoms with E-state index in [2.05, 4.69) is 5.32 Å². The van der Waals surface area contributed by atoms with Crippen molar-refractivity contribution in [3.63, 3.8) is 0 Å². The maximum Gasteiger partial charge on any atom is 0.317 e. The number of hydrogen-bond acceptors (Lipinski definition) is 4. The SMILES string of the molecule is CCNC(=O)N(C)CCCOc1ccccc1C(C)N(c1cc(F)ccc1F)S(=O)(=O)c1ccc(Cl)cc1. The van der Waals surface area contributed by atoms with Crippen LogP contribution in [0.1, 0.15) is 31.9 Å². The zero-order valence-corrected chi connectivity index (χ0v) is 22.9. The van der Waals surface area contributed by atoms with E-state index in [-0.39, 0.29) is 17.5 Å². The first kappa shape index (κ1) is 29.2. The third-order valence-corrected chi connectivity index (χ3v) is 7.96. The molecular formula is C27H30ClF2N3O4S. The van der Waals surface area contributed by atoms with Crippen molar-refractivity contribution in [3.05, 3.63) is 89.0 Å². The van der Waals surface area contributed by atoms with Crippen molar-refractivity contribution in [2.75, 3.05) is 31.0 Å². The Kier molecular flexibility index (Phi) is 9.93. The van der Waals surface area contributed by atoms with Crippen LogP contribution in [-0.4, -0.2) is 46.1 Å². The number of rotatable bonds is 11. The first-order chi connectivity index (χ1) is 18.1. The van der Waals surface area contributed by atoms with Gasteiger partial charge in [-0.15, -0.1) is 0 Å². The van der Waals surface area contributed by atoms with Crippen LogP contribution >= 0.6 is 11.6 Å². The number of carbonyl (C=O) groups is 1. The number of nitrogens with zero attached hydrogens (tertiary/aromatic N) is 2. The van der Waals surface area contributed by atoms with Gasteiger partial charge >= 0.3 is 6.03 Å². The zero-order chi connectivity index (χ0) is 27.9. The minimum absolute atomic E-state index is 0.135. The van der Waals surface area contributed by atoms with Gasteiger partial charge in [-0.3, -0.25) is 4.31 Å². The fourth-order valence-corrected chi connectivity index (χ4v) is 5.64. The third kappa shape index (κ3) is 6.93. The lowest BCUT2D eigenvalue weighted by molar-refractivity contribution is 0.204. The van der Waals surface area contributed by atoms with Crippen molar-refractivity contribution in [2.45, 2.75) is 31.2 Å². The monoisotopic (exact) mass is 565 g/mol. The lowest BCUT2D eigenvalue weighted by atomic mass is 10.1. The fraction of sp³-hybridized carbons (Fsp3) is 0.296. The Hall–Kier alpha value is -3.37. The number of sulfonamides is 1. The molecule has 0 aromatic heterocycles. The van der Waals surface area contributed by atoms with Gasteiger partial charge in [0.1, 0.15) is 17.4 Å². The normalized spacial score (nSPS) is 12.1. The molecule has 1 N–H and O–H groups in total. The highest BCUT2D eigenvalue weighted by Gasteiger charge is 2.34. The Morgan fingerprint density at radius 3 is 2.45 bits per heavy atom. The Labute approximate surface area is 227 Å². The lowest BCUT2D eigenvalue weighted by Gasteiger charge is -2.32. The number of urea groups is 1. The van der Waals surface area contributed by atoms with Gasteiger partial charge in [0.2, 0.25) is 0 Å². The van der Waals surface area contributed by atoms with Crippen molar-refractivity contribution in [1.82, 2.24) is 10.2 Å². The third-order valence-electron chi connectivity index (χ3n) is 5.81. The Bertz CT molecular complexity index is 1360. The van der Waals surface area contributed by atoms with Crippen LogP contribution in [0.3, 0.4) is 0 Å². The second-order valence-corrected chi connectivity index (χ2v) is 10.8. The van der Waals surface area contributed by atoms with E-state index in [0.717, 1.165) is 22.5 Å². The smallest absolute Gasteiger partial charge is 0.317 e. The van der Waals surface area contributed by atoms with Crippen LogP contribution in [0.5, 0.6) is 5.75 Å². The predicted octanol–water partition coefficient (Wildman–Crippen LogP) is 6.00. The highest BCUT2D eigenvalue weighted by Crippen LogP contribution is 2.38. The Morgan fingerprint density at radius 2 is 1.76 bits per heavy atom. The maximum absolute atomic E-state index is 15.0. The molecule has 3 aromatic carbocycles. The van der Waals surface area contributed by atoms with Crippen LogP contribution in [0.4, 0.5) is 19.3 Å². The molecule has 38 heavy (non-hydrogen) atoms. The standard InChI is InChI=1S/C27H30ClF2N3O4S/c1-4-31-27(34)32(3)16-7-17-37-26-9-6-5-8-23(26)19(2)33(25-18-21(29)12-15-24(25)30)38(35,36)22-13-10-20(28)11-14-22/h5-6,8-15,18-19H,4,7,16-17H2,1-3H3,(H,31,34). The van der Waals surface area contributed by atoms with E-state index in [9.17, 15) is 22.0 Å². The van der Waals surface area contributed by atoms with Crippen molar-refractivity contribution in [3.8, 4) is 5.75 Å². The molecular weight excluding hydrogens is 536 g/mol. The van der Waals surface area contributed by atoms with E-state index in [4.69, 9.17) is 16.3 Å². The molecule has 0 radical (unpaired) electrons. The number of benzene rings is 3. The summed E-state index contributed by atoms with van der Waals surface area (Å²) in [5.41, 5.74) is 0.0107. The predicted molar refractivity (Wildman–Crippen MR) is 144 cm³/mol. The van der Waals surface area contributed by atoms with E-state index in [1.54, 1.807) is 38.2 Å². The number of amides is 2. The fourth-order valence-electron chi connectivity index (χ4n) is 3.88. The molecule has 1 atom stereocenters. The minimum Gasteiger partial charge on any atom is -0.493 e. The van der Waals surface area contributed by atoms with Gasteiger partial charge < -0.3 is 15.0 Å². The van der Waals surface area contributed by atoms with E-state index < -0.39 is 33.4 Å². The van der Waals surface area contributed by atoms with Crippen molar-refractivity contribution >= 4 is 33.3 Å². The number of para-hydroxylation sites is 1. The van der Waals surface area contributed by atoms with E-state index >= 15 is 0 Å². The van der Waals surface area contributed by atoms with Gasteiger partial charge in [-0.1, -0.05) is 29.8 Å².